The molecule has 2 aromatic carbocycles. The van der Waals surface area contributed by atoms with Gasteiger partial charge in [0.1, 0.15) is 35.1 Å². The fourth-order valence-electron chi connectivity index (χ4n) is 6.71. The van der Waals surface area contributed by atoms with Crippen molar-refractivity contribution in [3.05, 3.63) is 142 Å². The van der Waals surface area contributed by atoms with E-state index in [1.807, 2.05) is 0 Å². The lowest BCUT2D eigenvalue weighted by Crippen LogP contribution is -2.51. The number of rotatable bonds is 5. The summed E-state index contributed by atoms with van der Waals surface area (Å²) in [7, 11) is 1.10. The molecule has 0 fully saturated rings. The molecule has 1 heterocycles. The standard InChI is InChI=1S/C33H20ClFN2O10/c1-46-18-9-17(38)20-21(26(18)39)28(41)23-22(27(20)40)30(43)33(31(23)44)6-5-15-24(33)29(42)19-16(25(15)34)8-14(37-32(19)45)10-36-47-11-12-3-2-4-13(35)7-12/h2-4,7-10,42-44H,5-6,11H2,1H3,(H,37,45)/t33-/m0/s1. The Labute approximate surface area is 264 Å². The summed E-state index contributed by atoms with van der Waals surface area (Å²) >= 11 is 6.77. The van der Waals surface area contributed by atoms with E-state index in [9.17, 15) is 43.7 Å². The molecule has 0 bridgehead atoms. The second kappa shape index (κ2) is 10.4. The summed E-state index contributed by atoms with van der Waals surface area (Å²) in [4.78, 5) is 74.1. The molecule has 0 unspecified atom stereocenters. The van der Waals surface area contributed by atoms with Crippen LogP contribution in [0.15, 0.2) is 65.5 Å². The van der Waals surface area contributed by atoms with Crippen LogP contribution in [0.25, 0.3) is 22.3 Å². The molecule has 0 aliphatic heterocycles. The van der Waals surface area contributed by atoms with Crippen LogP contribution < -0.4 is 42.4 Å². The van der Waals surface area contributed by atoms with Crippen LogP contribution in [0.5, 0.6) is 11.5 Å². The van der Waals surface area contributed by atoms with Gasteiger partial charge in [0, 0.05) is 17.0 Å². The molecule has 1 aromatic heterocycles. The molecule has 4 aliphatic rings. The molecule has 1 atom stereocenters. The first kappa shape index (κ1) is 29.9. The number of H-pyrrole nitrogens is 1. The third kappa shape index (κ3) is 3.99. The molecular weight excluding hydrogens is 639 g/mol. The van der Waals surface area contributed by atoms with Gasteiger partial charge < -0.3 is 29.9 Å². The fraction of sp³-hybridized carbons (Fsp3) is 0.152. The first-order chi connectivity index (χ1) is 22.4. The van der Waals surface area contributed by atoms with E-state index in [2.05, 4.69) is 10.1 Å². The van der Waals surface area contributed by atoms with Crippen LogP contribution in [0.3, 0.4) is 0 Å². The second-order valence-corrected chi connectivity index (χ2v) is 11.5. The van der Waals surface area contributed by atoms with Gasteiger partial charge in [-0.3, -0.25) is 24.0 Å². The number of hydrogen-bond acceptors (Lipinski definition) is 11. The van der Waals surface area contributed by atoms with Gasteiger partial charge in [-0.15, -0.1) is 0 Å². The Morgan fingerprint density at radius 1 is 0.979 bits per heavy atom. The topological polar surface area (TPSA) is 193 Å². The van der Waals surface area contributed by atoms with Crippen molar-refractivity contribution in [3.63, 3.8) is 0 Å². The van der Waals surface area contributed by atoms with Crippen molar-refractivity contribution < 1.29 is 29.3 Å². The van der Waals surface area contributed by atoms with Crippen molar-refractivity contribution in [2.75, 3.05) is 7.11 Å². The summed E-state index contributed by atoms with van der Waals surface area (Å²) < 4.78 is 18.3. The van der Waals surface area contributed by atoms with Gasteiger partial charge in [-0.25, -0.2) is 4.39 Å². The number of benzene rings is 2. The number of phenols is 1. The third-order valence-electron chi connectivity index (χ3n) is 8.76. The highest BCUT2D eigenvalue weighted by atomic mass is 35.5. The average Bonchev–Trinajstić information content (AvgIpc) is 3.55. The molecular formula is C33H20ClFN2O10. The number of phenolic OH excluding ortho intramolecular Hbond substituents is 1. The van der Waals surface area contributed by atoms with Gasteiger partial charge in [-0.05, 0) is 42.2 Å². The van der Waals surface area contributed by atoms with Crippen molar-refractivity contribution in [2.45, 2.75) is 24.9 Å². The predicted octanol–water partition coefficient (Wildman–Crippen LogP) is 0.857. The van der Waals surface area contributed by atoms with Gasteiger partial charge >= 0.3 is 0 Å². The summed E-state index contributed by atoms with van der Waals surface area (Å²) in [6, 6.07) is 7.87. The zero-order valence-corrected chi connectivity index (χ0v) is 24.8. The molecule has 14 heteroatoms. The summed E-state index contributed by atoms with van der Waals surface area (Å²) in [6.07, 6.45) is 0.975. The van der Waals surface area contributed by atoms with E-state index in [0.29, 0.717) is 5.56 Å². The summed E-state index contributed by atoms with van der Waals surface area (Å²) in [5, 5.41) is 35.3. The number of aromatic nitrogens is 1. The second-order valence-electron chi connectivity index (χ2n) is 11.2. The van der Waals surface area contributed by atoms with Gasteiger partial charge in [-0.1, -0.05) is 28.9 Å². The first-order valence-corrected chi connectivity index (χ1v) is 14.4. The number of halogens is 2. The molecule has 12 nitrogen and oxygen atoms in total. The van der Waals surface area contributed by atoms with Crippen LogP contribution in [0, 0.1) is 16.3 Å². The van der Waals surface area contributed by atoms with Crippen LogP contribution in [-0.4, -0.2) is 33.6 Å². The molecule has 0 saturated heterocycles. The number of aliphatic hydroxyl groups excluding tert-OH is 2. The van der Waals surface area contributed by atoms with E-state index in [4.69, 9.17) is 21.2 Å². The van der Waals surface area contributed by atoms with E-state index in [0.717, 1.165) is 13.2 Å². The van der Waals surface area contributed by atoms with Gasteiger partial charge in [0.25, 0.3) is 5.56 Å². The monoisotopic (exact) mass is 658 g/mol. The Morgan fingerprint density at radius 3 is 2.36 bits per heavy atom. The van der Waals surface area contributed by atoms with E-state index < -0.39 is 82.4 Å². The van der Waals surface area contributed by atoms with Crippen molar-refractivity contribution in [3.8, 4) is 11.5 Å². The lowest BCUT2D eigenvalue weighted by Gasteiger charge is -2.27. The van der Waals surface area contributed by atoms with Gasteiger partial charge in [0.05, 0.1) is 50.3 Å². The average molecular weight is 659 g/mol. The number of methoxy groups -OCH3 is 1. The molecule has 4 N–H and O–H groups in total. The fourth-order valence-corrected chi connectivity index (χ4v) is 7.05. The Bertz CT molecular complexity index is 2750. The number of nitrogens with one attached hydrogen (secondary N) is 1. The van der Waals surface area contributed by atoms with E-state index in [-0.39, 0.29) is 52.1 Å². The van der Waals surface area contributed by atoms with E-state index in [1.165, 1.54) is 30.5 Å². The van der Waals surface area contributed by atoms with Gasteiger partial charge in [0.15, 0.2) is 11.2 Å². The predicted molar refractivity (Wildman–Crippen MR) is 167 cm³/mol. The number of nitrogens with zero attached hydrogens (tertiary/aromatic N) is 1. The molecule has 3 aromatic rings. The molecule has 7 rings (SSSR count). The molecule has 236 valence electrons. The minimum Gasteiger partial charge on any atom is -0.510 e. The van der Waals surface area contributed by atoms with Gasteiger partial charge in [0.2, 0.25) is 16.3 Å². The Hall–Kier alpha value is -5.82. The molecule has 4 aliphatic carbocycles. The number of pyridine rings is 1. The first-order valence-electron chi connectivity index (χ1n) is 14.0. The molecule has 0 amide bonds. The molecule has 0 saturated carbocycles. The van der Waals surface area contributed by atoms with Gasteiger partial charge in [-0.2, -0.15) is 0 Å². The largest absolute Gasteiger partial charge is 0.510 e. The molecule has 47 heavy (non-hydrogen) atoms. The van der Waals surface area contributed by atoms with Crippen LogP contribution >= 0.6 is 11.6 Å². The quantitative estimate of drug-likeness (QED) is 0.155. The minimum atomic E-state index is -2.09. The minimum absolute atomic E-state index is 0.00206. The number of hydrogen-bond donors (Lipinski definition) is 4. The van der Waals surface area contributed by atoms with Crippen molar-refractivity contribution in [1.82, 2.24) is 4.98 Å². The molecule has 0 radical (unpaired) electrons. The number of ether oxygens (including phenoxy) is 1. The number of fused-ring (bicyclic) bond motifs is 4. The van der Waals surface area contributed by atoms with E-state index >= 15 is 0 Å². The molecule has 1 spiro atoms. The maximum Gasteiger partial charge on any atom is 0.260 e. The Morgan fingerprint density at radius 2 is 1.68 bits per heavy atom. The van der Waals surface area contributed by atoms with Crippen molar-refractivity contribution >= 4 is 40.1 Å². The number of aliphatic hydroxyl groups is 2. The SMILES string of the molecule is COc1cc(=O)c2c(=O)c3c(c(=O)c=2c1=O)=C(O)[C@]1(CCc2c1c(O)c1c(=O)[nH]c(C=NOCc4cccc(F)c4)cc1c2Cl)C=3O. The lowest BCUT2D eigenvalue weighted by molar-refractivity contribution is 0.132. The number of aromatic hydroxyl groups is 1. The van der Waals surface area contributed by atoms with Crippen LogP contribution in [0.4, 0.5) is 4.39 Å². The highest BCUT2D eigenvalue weighted by Gasteiger charge is 2.53. The smallest absolute Gasteiger partial charge is 0.260 e. The maximum absolute atomic E-state index is 13.7. The normalized spacial score (nSPS) is 16.9. The summed E-state index contributed by atoms with van der Waals surface area (Å²) in [5.41, 5.74) is -6.69. The van der Waals surface area contributed by atoms with Crippen molar-refractivity contribution in [1.29, 1.82) is 0 Å². The van der Waals surface area contributed by atoms with Crippen LogP contribution in [0.2, 0.25) is 5.02 Å². The number of aromatic amines is 1. The highest BCUT2D eigenvalue weighted by Crippen LogP contribution is 2.56. The van der Waals surface area contributed by atoms with Crippen LogP contribution in [0.1, 0.15) is 28.8 Å². The van der Waals surface area contributed by atoms with Crippen molar-refractivity contribution in [2.24, 2.45) is 5.16 Å². The zero-order valence-electron chi connectivity index (χ0n) is 24.1. The Balaban J connectivity index is 1.42. The zero-order chi connectivity index (χ0) is 33.5. The summed E-state index contributed by atoms with van der Waals surface area (Å²) in [5.74, 6) is -3.29. The highest BCUT2D eigenvalue weighted by molar-refractivity contribution is 6.37. The number of oxime groups is 1. The van der Waals surface area contributed by atoms with Crippen LogP contribution in [-0.2, 0) is 23.3 Å². The lowest BCUT2D eigenvalue weighted by atomic mass is 9.78. The van der Waals surface area contributed by atoms with E-state index in [1.54, 1.807) is 6.07 Å². The maximum atomic E-state index is 13.7. The Kier molecular flexibility index (Phi) is 6.58. The third-order valence-corrected chi connectivity index (χ3v) is 9.20. The summed E-state index contributed by atoms with van der Waals surface area (Å²) in [6.45, 7) is -0.0584.